The third-order valence-corrected chi connectivity index (χ3v) is 4.31. The maximum absolute atomic E-state index is 12.1. The first-order chi connectivity index (χ1) is 13.4. The molecule has 28 heavy (non-hydrogen) atoms. The Labute approximate surface area is 162 Å². The van der Waals surface area contributed by atoms with Crippen LogP contribution in [0.1, 0.15) is 38.1 Å². The molecule has 3 heterocycles. The molecule has 10 heteroatoms. The lowest BCUT2D eigenvalue weighted by Gasteiger charge is -2.06. The highest BCUT2D eigenvalue weighted by molar-refractivity contribution is 5.87. The van der Waals surface area contributed by atoms with E-state index in [9.17, 15) is 9.59 Å². The summed E-state index contributed by atoms with van der Waals surface area (Å²) in [5, 5.41) is 14.5. The number of carbonyl (C=O) groups excluding carboxylic acids is 2. The first-order valence-corrected chi connectivity index (χ1v) is 9.56. The van der Waals surface area contributed by atoms with Crippen LogP contribution < -0.4 is 10.6 Å². The van der Waals surface area contributed by atoms with E-state index in [4.69, 9.17) is 0 Å². The molecule has 3 aromatic heterocycles. The minimum Gasteiger partial charge on any atom is -0.355 e. The van der Waals surface area contributed by atoms with Gasteiger partial charge in [0.2, 0.25) is 11.8 Å². The fourth-order valence-electron chi connectivity index (χ4n) is 2.95. The Balaban J connectivity index is 1.99. The fraction of sp³-hybridized carbons (Fsp3) is 0.556. The standard InChI is InChI=1S/C18H26N8O2/c1-5-7-19-13(27)9-25-17-15(11(3)23-25)21-16-12(4)24-26(18(16)22-17)10-14(28)20-8-6-2/h5-10H2,1-4H3,(H,19,27)(H,20,28). The molecule has 0 aromatic carbocycles. The quantitative estimate of drug-likeness (QED) is 0.592. The molecule has 0 atom stereocenters. The molecule has 2 amide bonds. The second-order valence-electron chi connectivity index (χ2n) is 6.75. The summed E-state index contributed by atoms with van der Waals surface area (Å²) in [6.45, 7) is 9.02. The Morgan fingerprint density at radius 3 is 1.61 bits per heavy atom. The highest BCUT2D eigenvalue weighted by Crippen LogP contribution is 2.21. The van der Waals surface area contributed by atoms with Crippen LogP contribution in [0.4, 0.5) is 0 Å². The maximum Gasteiger partial charge on any atom is 0.241 e. The number of hydrogen-bond donors (Lipinski definition) is 2. The van der Waals surface area contributed by atoms with E-state index < -0.39 is 0 Å². The van der Waals surface area contributed by atoms with Gasteiger partial charge in [0, 0.05) is 13.1 Å². The van der Waals surface area contributed by atoms with Gasteiger partial charge in [0.15, 0.2) is 11.3 Å². The van der Waals surface area contributed by atoms with Crippen LogP contribution in [-0.4, -0.2) is 54.4 Å². The van der Waals surface area contributed by atoms with Crippen LogP contribution in [0.5, 0.6) is 0 Å². The summed E-state index contributed by atoms with van der Waals surface area (Å²) < 4.78 is 3.10. The topological polar surface area (TPSA) is 120 Å². The number of nitrogens with one attached hydrogen (secondary N) is 2. The fourth-order valence-corrected chi connectivity index (χ4v) is 2.95. The van der Waals surface area contributed by atoms with Crippen LogP contribution in [0.2, 0.25) is 0 Å². The van der Waals surface area contributed by atoms with E-state index in [1.165, 1.54) is 0 Å². The van der Waals surface area contributed by atoms with Crippen molar-refractivity contribution in [3.05, 3.63) is 11.4 Å². The van der Waals surface area contributed by atoms with Crippen molar-refractivity contribution in [3.63, 3.8) is 0 Å². The number of hydrogen-bond acceptors (Lipinski definition) is 6. The Morgan fingerprint density at radius 2 is 1.21 bits per heavy atom. The molecule has 0 spiro atoms. The molecule has 0 radical (unpaired) electrons. The van der Waals surface area contributed by atoms with Crippen molar-refractivity contribution in [3.8, 4) is 0 Å². The van der Waals surface area contributed by atoms with Gasteiger partial charge in [0.1, 0.15) is 24.1 Å². The molecule has 0 aliphatic rings. The molecular weight excluding hydrogens is 360 g/mol. The van der Waals surface area contributed by atoms with Crippen molar-refractivity contribution in [2.45, 2.75) is 53.6 Å². The van der Waals surface area contributed by atoms with Crippen molar-refractivity contribution in [2.24, 2.45) is 0 Å². The zero-order valence-corrected chi connectivity index (χ0v) is 16.7. The monoisotopic (exact) mass is 386 g/mol. The van der Waals surface area contributed by atoms with Crippen LogP contribution in [0.3, 0.4) is 0 Å². The lowest BCUT2D eigenvalue weighted by Crippen LogP contribution is -2.29. The van der Waals surface area contributed by atoms with E-state index in [0.717, 1.165) is 12.8 Å². The summed E-state index contributed by atoms with van der Waals surface area (Å²) in [6, 6.07) is 0. The number of aryl methyl sites for hydroxylation is 2. The minimum atomic E-state index is -0.128. The van der Waals surface area contributed by atoms with Gasteiger partial charge in [-0.1, -0.05) is 13.8 Å². The average molecular weight is 386 g/mol. The number of amides is 2. The van der Waals surface area contributed by atoms with Gasteiger partial charge in [-0.2, -0.15) is 10.2 Å². The SMILES string of the molecule is CCCNC(=O)Cn1nc(C)c2nc3c(C)nn(CC(=O)NCCC)c3nc21. The Bertz CT molecular complexity index is 942. The first kappa shape index (κ1) is 19.7. The van der Waals surface area contributed by atoms with E-state index in [2.05, 4.69) is 30.8 Å². The van der Waals surface area contributed by atoms with E-state index in [-0.39, 0.29) is 24.9 Å². The summed E-state index contributed by atoms with van der Waals surface area (Å²) in [6.07, 6.45) is 1.73. The van der Waals surface area contributed by atoms with Gasteiger partial charge in [0.05, 0.1) is 11.4 Å². The van der Waals surface area contributed by atoms with Crippen molar-refractivity contribution >= 4 is 34.1 Å². The van der Waals surface area contributed by atoms with Crippen molar-refractivity contribution in [1.82, 2.24) is 40.2 Å². The molecule has 0 aliphatic heterocycles. The van der Waals surface area contributed by atoms with Gasteiger partial charge in [0.25, 0.3) is 0 Å². The van der Waals surface area contributed by atoms with Crippen molar-refractivity contribution in [2.75, 3.05) is 13.1 Å². The molecule has 2 N–H and O–H groups in total. The zero-order valence-electron chi connectivity index (χ0n) is 16.7. The number of fused-ring (bicyclic) bond motifs is 2. The smallest absolute Gasteiger partial charge is 0.241 e. The summed E-state index contributed by atoms with van der Waals surface area (Å²) in [4.78, 5) is 33.6. The van der Waals surface area contributed by atoms with Crippen LogP contribution in [-0.2, 0) is 22.7 Å². The third kappa shape index (κ3) is 3.95. The lowest BCUT2D eigenvalue weighted by molar-refractivity contribution is -0.122. The second-order valence-corrected chi connectivity index (χ2v) is 6.75. The Morgan fingerprint density at radius 1 is 0.786 bits per heavy atom. The summed E-state index contributed by atoms with van der Waals surface area (Å²) in [7, 11) is 0. The lowest BCUT2D eigenvalue weighted by atomic mass is 10.3. The maximum atomic E-state index is 12.1. The number of carbonyl (C=O) groups is 2. The molecule has 3 aromatic rings. The molecule has 0 saturated carbocycles. The highest BCUT2D eigenvalue weighted by Gasteiger charge is 2.19. The highest BCUT2D eigenvalue weighted by atomic mass is 16.2. The van der Waals surface area contributed by atoms with Crippen LogP contribution >= 0.6 is 0 Å². The van der Waals surface area contributed by atoms with E-state index >= 15 is 0 Å². The van der Waals surface area contributed by atoms with E-state index in [0.29, 0.717) is 46.8 Å². The largest absolute Gasteiger partial charge is 0.355 e. The van der Waals surface area contributed by atoms with E-state index in [1.807, 2.05) is 27.7 Å². The third-order valence-electron chi connectivity index (χ3n) is 4.31. The number of aromatic nitrogens is 6. The zero-order chi connectivity index (χ0) is 20.3. The van der Waals surface area contributed by atoms with Gasteiger partial charge < -0.3 is 10.6 Å². The van der Waals surface area contributed by atoms with Crippen molar-refractivity contribution in [1.29, 1.82) is 0 Å². The Kier molecular flexibility index (Phi) is 5.86. The normalized spacial score (nSPS) is 11.3. The predicted octanol–water partition coefficient (Wildman–Crippen LogP) is 0.845. The van der Waals surface area contributed by atoms with Crippen LogP contribution in [0, 0.1) is 13.8 Å². The second kappa shape index (κ2) is 8.32. The predicted molar refractivity (Wildman–Crippen MR) is 105 cm³/mol. The summed E-state index contributed by atoms with van der Waals surface area (Å²) >= 11 is 0. The van der Waals surface area contributed by atoms with Gasteiger partial charge >= 0.3 is 0 Å². The molecule has 150 valence electrons. The molecule has 0 saturated heterocycles. The first-order valence-electron chi connectivity index (χ1n) is 9.56. The van der Waals surface area contributed by atoms with Crippen LogP contribution in [0.15, 0.2) is 0 Å². The molecule has 0 aliphatic carbocycles. The Hall–Kier alpha value is -3.04. The molecule has 0 unspecified atom stereocenters. The molecule has 3 rings (SSSR count). The van der Waals surface area contributed by atoms with Gasteiger partial charge in [-0.3, -0.25) is 9.59 Å². The van der Waals surface area contributed by atoms with Crippen LogP contribution in [0.25, 0.3) is 22.3 Å². The van der Waals surface area contributed by atoms with Gasteiger partial charge in [-0.25, -0.2) is 19.3 Å². The number of nitrogens with zero attached hydrogens (tertiary/aromatic N) is 6. The van der Waals surface area contributed by atoms with E-state index in [1.54, 1.807) is 9.36 Å². The molecule has 10 nitrogen and oxygen atoms in total. The summed E-state index contributed by atoms with van der Waals surface area (Å²) in [5.41, 5.74) is 3.67. The molecule has 0 bridgehead atoms. The van der Waals surface area contributed by atoms with Crippen molar-refractivity contribution < 1.29 is 9.59 Å². The minimum absolute atomic E-state index is 0.0641. The average Bonchev–Trinajstić information content (AvgIpc) is 3.14. The molecule has 0 fully saturated rings. The number of rotatable bonds is 8. The van der Waals surface area contributed by atoms with Gasteiger partial charge in [-0.05, 0) is 26.7 Å². The van der Waals surface area contributed by atoms with Gasteiger partial charge in [-0.15, -0.1) is 0 Å². The molecular formula is C18H26N8O2. The summed E-state index contributed by atoms with van der Waals surface area (Å²) in [5.74, 6) is -0.256.